The number of rotatable bonds is 8. The summed E-state index contributed by atoms with van der Waals surface area (Å²) in [6.07, 6.45) is 0.0240. The average molecular weight is 457 g/mol. The molecule has 0 saturated carbocycles. The zero-order valence-corrected chi connectivity index (χ0v) is 18.0. The fraction of sp³-hybridized carbons (Fsp3) is 0.217. The molecule has 3 rings (SSSR count). The molecule has 0 spiro atoms. The molecule has 9 heteroatoms. The van der Waals surface area contributed by atoms with Gasteiger partial charge >= 0.3 is 11.9 Å². The summed E-state index contributed by atoms with van der Waals surface area (Å²) >= 11 is 5.87. The number of hydrogen-bond acceptors (Lipinski definition) is 6. The van der Waals surface area contributed by atoms with Gasteiger partial charge in [0, 0.05) is 40.9 Å². The Labute approximate surface area is 188 Å². The van der Waals surface area contributed by atoms with Gasteiger partial charge < -0.3 is 19.8 Å². The van der Waals surface area contributed by atoms with Crippen molar-refractivity contribution in [1.29, 1.82) is 0 Å². The molecule has 1 aromatic heterocycles. The molecule has 0 bridgehead atoms. The van der Waals surface area contributed by atoms with Crippen LogP contribution in [0.4, 0.5) is 0 Å². The van der Waals surface area contributed by atoms with E-state index in [2.05, 4.69) is 10.3 Å². The van der Waals surface area contributed by atoms with E-state index >= 15 is 0 Å². The highest BCUT2D eigenvalue weighted by Gasteiger charge is 2.24. The van der Waals surface area contributed by atoms with Crippen LogP contribution in [0.15, 0.2) is 59.4 Å². The van der Waals surface area contributed by atoms with Crippen molar-refractivity contribution in [3.8, 4) is 0 Å². The highest BCUT2D eigenvalue weighted by molar-refractivity contribution is 6.30. The molecule has 166 valence electrons. The number of esters is 2. The van der Waals surface area contributed by atoms with Crippen molar-refractivity contribution in [3.05, 3.63) is 81.1 Å². The van der Waals surface area contributed by atoms with Crippen LogP contribution in [0, 0.1) is 0 Å². The monoisotopic (exact) mass is 456 g/mol. The maximum atomic E-state index is 12.7. The molecule has 2 N–H and O–H groups in total. The molecular weight excluding hydrogens is 436 g/mol. The van der Waals surface area contributed by atoms with Gasteiger partial charge in [-0.05, 0) is 35.9 Å². The largest absolute Gasteiger partial charge is 0.462 e. The first-order valence-electron chi connectivity index (χ1n) is 9.81. The van der Waals surface area contributed by atoms with Crippen molar-refractivity contribution in [1.82, 2.24) is 10.3 Å². The van der Waals surface area contributed by atoms with Crippen LogP contribution < -0.4 is 10.9 Å². The number of hydrogen-bond donors (Lipinski definition) is 2. The van der Waals surface area contributed by atoms with E-state index in [0.717, 1.165) is 5.39 Å². The minimum absolute atomic E-state index is 0.0240. The van der Waals surface area contributed by atoms with Crippen molar-refractivity contribution in [2.45, 2.75) is 19.4 Å². The molecular formula is C23H21ClN2O6. The summed E-state index contributed by atoms with van der Waals surface area (Å²) in [7, 11) is 0. The highest BCUT2D eigenvalue weighted by Crippen LogP contribution is 2.17. The predicted molar refractivity (Wildman–Crippen MR) is 119 cm³/mol. The van der Waals surface area contributed by atoms with Crippen LogP contribution in [0.1, 0.15) is 22.8 Å². The number of aromatic nitrogens is 1. The Balaban J connectivity index is 1.84. The number of benzene rings is 2. The topological polar surface area (TPSA) is 115 Å². The van der Waals surface area contributed by atoms with E-state index in [9.17, 15) is 19.2 Å². The van der Waals surface area contributed by atoms with Gasteiger partial charge in [0.2, 0.25) is 5.56 Å². The third-order valence-electron chi connectivity index (χ3n) is 4.59. The van der Waals surface area contributed by atoms with Gasteiger partial charge in [-0.15, -0.1) is 0 Å². The van der Waals surface area contributed by atoms with E-state index in [1.165, 1.54) is 25.1 Å². The van der Waals surface area contributed by atoms with Crippen molar-refractivity contribution in [2.24, 2.45) is 0 Å². The van der Waals surface area contributed by atoms with Crippen molar-refractivity contribution < 1.29 is 23.9 Å². The van der Waals surface area contributed by atoms with Gasteiger partial charge in [0.25, 0.3) is 5.91 Å². The number of pyridine rings is 1. The minimum atomic E-state index is -1.08. The number of ether oxygens (including phenoxy) is 2. The van der Waals surface area contributed by atoms with Crippen molar-refractivity contribution in [2.75, 3.05) is 13.2 Å². The SMILES string of the molecule is CC(=O)OCCOC(=O)C(Cc1cc(=O)[nH]c2ccccc12)NC(=O)c1ccc(Cl)cc1. The van der Waals surface area contributed by atoms with Crippen molar-refractivity contribution in [3.63, 3.8) is 0 Å². The number of fused-ring (bicyclic) bond motifs is 1. The maximum absolute atomic E-state index is 12.7. The lowest BCUT2D eigenvalue weighted by atomic mass is 10.0. The van der Waals surface area contributed by atoms with Crippen LogP contribution in [-0.2, 0) is 25.5 Å². The second kappa shape index (κ2) is 10.6. The van der Waals surface area contributed by atoms with Crippen LogP contribution in [0.3, 0.4) is 0 Å². The van der Waals surface area contributed by atoms with E-state index in [-0.39, 0.29) is 25.2 Å². The Morgan fingerprint density at radius 3 is 2.44 bits per heavy atom. The highest BCUT2D eigenvalue weighted by atomic mass is 35.5. The Bertz CT molecular complexity index is 1190. The first kappa shape index (κ1) is 23.0. The van der Waals surface area contributed by atoms with Gasteiger partial charge in [-0.3, -0.25) is 14.4 Å². The number of carbonyl (C=O) groups is 3. The number of nitrogens with one attached hydrogen (secondary N) is 2. The van der Waals surface area contributed by atoms with Crippen molar-refractivity contribution >= 4 is 40.3 Å². The number of para-hydroxylation sites is 1. The summed E-state index contributed by atoms with van der Waals surface area (Å²) in [6.45, 7) is 0.976. The first-order valence-corrected chi connectivity index (χ1v) is 10.2. The first-order chi connectivity index (χ1) is 15.3. The summed E-state index contributed by atoms with van der Waals surface area (Å²) in [6, 6.07) is 13.6. The average Bonchev–Trinajstić information content (AvgIpc) is 2.76. The Morgan fingerprint density at radius 2 is 1.72 bits per heavy atom. The fourth-order valence-corrected chi connectivity index (χ4v) is 3.26. The molecule has 0 aliphatic heterocycles. The molecule has 0 saturated heterocycles. The van der Waals surface area contributed by atoms with Crippen LogP contribution in [0.5, 0.6) is 0 Å². The lowest BCUT2D eigenvalue weighted by Crippen LogP contribution is -2.43. The summed E-state index contributed by atoms with van der Waals surface area (Å²) < 4.78 is 9.95. The molecule has 3 aromatic rings. The molecule has 0 fully saturated rings. The third-order valence-corrected chi connectivity index (χ3v) is 4.84. The molecule has 8 nitrogen and oxygen atoms in total. The number of H-pyrrole nitrogens is 1. The molecule has 2 aromatic carbocycles. The molecule has 0 radical (unpaired) electrons. The van der Waals surface area contributed by atoms with Crippen LogP contribution >= 0.6 is 11.6 Å². The van der Waals surface area contributed by atoms with Crippen LogP contribution in [0.25, 0.3) is 10.9 Å². The lowest BCUT2D eigenvalue weighted by Gasteiger charge is -2.19. The second-order valence-corrected chi connectivity index (χ2v) is 7.39. The van der Waals surface area contributed by atoms with E-state index < -0.39 is 23.9 Å². The summed E-state index contributed by atoms with van der Waals surface area (Å²) in [5.74, 6) is -1.72. The van der Waals surface area contributed by atoms with Crippen LogP contribution in [0.2, 0.25) is 5.02 Å². The number of halogens is 1. The normalized spacial score (nSPS) is 11.6. The number of aromatic amines is 1. The smallest absolute Gasteiger partial charge is 0.329 e. The van der Waals surface area contributed by atoms with E-state index in [1.54, 1.807) is 24.3 Å². The lowest BCUT2D eigenvalue weighted by molar-refractivity contribution is -0.152. The van der Waals surface area contributed by atoms with Gasteiger partial charge in [0.1, 0.15) is 19.3 Å². The number of carbonyl (C=O) groups excluding carboxylic acids is 3. The van der Waals surface area contributed by atoms with Gasteiger partial charge in [0.15, 0.2) is 0 Å². The van der Waals surface area contributed by atoms with Gasteiger partial charge in [-0.25, -0.2) is 4.79 Å². The fourth-order valence-electron chi connectivity index (χ4n) is 3.13. The molecule has 1 heterocycles. The molecule has 1 atom stereocenters. The summed E-state index contributed by atoms with van der Waals surface area (Å²) in [5.41, 5.74) is 1.16. The summed E-state index contributed by atoms with van der Waals surface area (Å²) in [4.78, 5) is 51.2. The molecule has 32 heavy (non-hydrogen) atoms. The maximum Gasteiger partial charge on any atom is 0.329 e. The minimum Gasteiger partial charge on any atom is -0.462 e. The molecule has 1 unspecified atom stereocenters. The molecule has 1 amide bonds. The Kier molecular flexibility index (Phi) is 7.62. The Hall–Kier alpha value is -3.65. The van der Waals surface area contributed by atoms with E-state index in [4.69, 9.17) is 21.1 Å². The standard InChI is InChI=1S/C23H21ClN2O6/c1-14(27)31-10-11-32-23(30)20(26-22(29)15-6-8-17(24)9-7-15)12-16-13-21(28)25-19-5-3-2-4-18(16)19/h2-9,13,20H,10-12H2,1H3,(H,25,28)(H,26,29). The third kappa shape index (κ3) is 6.18. The molecule has 0 aliphatic carbocycles. The van der Waals surface area contributed by atoms with Gasteiger partial charge in [0.05, 0.1) is 0 Å². The van der Waals surface area contributed by atoms with Crippen LogP contribution in [-0.4, -0.2) is 42.1 Å². The van der Waals surface area contributed by atoms with E-state index in [0.29, 0.717) is 21.7 Å². The predicted octanol–water partition coefficient (Wildman–Crippen LogP) is 2.63. The zero-order valence-electron chi connectivity index (χ0n) is 17.2. The second-order valence-electron chi connectivity index (χ2n) is 6.95. The molecule has 0 aliphatic rings. The number of amides is 1. The summed E-state index contributed by atoms with van der Waals surface area (Å²) in [5, 5.41) is 3.87. The Morgan fingerprint density at radius 1 is 1.03 bits per heavy atom. The van der Waals surface area contributed by atoms with E-state index in [1.807, 2.05) is 12.1 Å². The van der Waals surface area contributed by atoms with Gasteiger partial charge in [-0.2, -0.15) is 0 Å². The quantitative estimate of drug-likeness (QED) is 0.398. The zero-order chi connectivity index (χ0) is 23.1. The van der Waals surface area contributed by atoms with Gasteiger partial charge in [-0.1, -0.05) is 29.8 Å².